The van der Waals surface area contributed by atoms with Crippen LogP contribution in [-0.2, 0) is 12.0 Å². The van der Waals surface area contributed by atoms with Crippen molar-refractivity contribution in [2.75, 3.05) is 12.3 Å². The van der Waals surface area contributed by atoms with Crippen molar-refractivity contribution in [3.63, 3.8) is 0 Å². The van der Waals surface area contributed by atoms with Gasteiger partial charge in [-0.1, -0.05) is 34.1 Å². The fourth-order valence-electron chi connectivity index (χ4n) is 3.05. The number of oxazole rings is 1. The number of hydrogen-bond acceptors (Lipinski definition) is 4. The number of nitrogens with one attached hydrogen (secondary N) is 2. The lowest BCUT2D eigenvalue weighted by Gasteiger charge is -2.30. The predicted molar refractivity (Wildman–Crippen MR) is 107 cm³/mol. The molecule has 25 heavy (non-hydrogen) atoms. The maximum atomic E-state index is 5.84. The van der Waals surface area contributed by atoms with E-state index in [0.717, 1.165) is 23.5 Å². The lowest BCUT2D eigenvalue weighted by atomic mass is 9.94. The zero-order valence-corrected chi connectivity index (χ0v) is 17.2. The van der Waals surface area contributed by atoms with Crippen LogP contribution in [0.4, 0.5) is 0 Å². The molecular weight excluding hydrogens is 332 g/mol. The highest BCUT2D eigenvalue weighted by Gasteiger charge is 2.23. The SMILES string of the molecule is CCNC(=NCc1ncc(C(C)(C)C)o1)NC1CCCC(SCC)C1. The minimum absolute atomic E-state index is 0.0221. The van der Waals surface area contributed by atoms with E-state index in [1.54, 1.807) is 0 Å². The van der Waals surface area contributed by atoms with Crippen LogP contribution in [0.3, 0.4) is 0 Å². The molecule has 5 nitrogen and oxygen atoms in total. The average Bonchev–Trinajstić information content (AvgIpc) is 3.03. The smallest absolute Gasteiger partial charge is 0.216 e. The minimum Gasteiger partial charge on any atom is -0.443 e. The molecule has 2 N–H and O–H groups in total. The fraction of sp³-hybridized carbons (Fsp3) is 0.789. The van der Waals surface area contributed by atoms with E-state index in [9.17, 15) is 0 Å². The summed E-state index contributed by atoms with van der Waals surface area (Å²) in [5.74, 6) is 3.64. The monoisotopic (exact) mass is 366 g/mol. The number of aromatic nitrogens is 1. The fourth-order valence-corrected chi connectivity index (χ4v) is 4.23. The maximum Gasteiger partial charge on any atom is 0.216 e. The number of guanidine groups is 1. The van der Waals surface area contributed by atoms with Gasteiger partial charge in [-0.3, -0.25) is 0 Å². The Balaban J connectivity index is 1.95. The van der Waals surface area contributed by atoms with Gasteiger partial charge in [-0.2, -0.15) is 11.8 Å². The third kappa shape index (κ3) is 6.57. The van der Waals surface area contributed by atoms with Gasteiger partial charge in [0.15, 0.2) is 5.96 Å². The molecule has 2 atom stereocenters. The van der Waals surface area contributed by atoms with Gasteiger partial charge in [0.25, 0.3) is 0 Å². The quantitative estimate of drug-likeness (QED) is 0.586. The lowest BCUT2D eigenvalue weighted by Crippen LogP contribution is -2.45. The van der Waals surface area contributed by atoms with Crippen LogP contribution in [0.15, 0.2) is 15.6 Å². The highest BCUT2D eigenvalue weighted by molar-refractivity contribution is 7.99. The molecule has 1 heterocycles. The van der Waals surface area contributed by atoms with Crippen LogP contribution < -0.4 is 10.6 Å². The van der Waals surface area contributed by atoms with Gasteiger partial charge in [0, 0.05) is 23.3 Å². The van der Waals surface area contributed by atoms with Crippen molar-refractivity contribution < 1.29 is 4.42 Å². The van der Waals surface area contributed by atoms with Gasteiger partial charge < -0.3 is 15.1 Å². The molecule has 1 aromatic heterocycles. The average molecular weight is 367 g/mol. The van der Waals surface area contributed by atoms with Gasteiger partial charge in [-0.05, 0) is 31.9 Å². The third-order valence-corrected chi connectivity index (χ3v) is 5.61. The van der Waals surface area contributed by atoms with Gasteiger partial charge in [0.1, 0.15) is 12.3 Å². The molecule has 0 aromatic carbocycles. The summed E-state index contributed by atoms with van der Waals surface area (Å²) in [6.45, 7) is 12.0. The molecule has 142 valence electrons. The van der Waals surface area contributed by atoms with Crippen LogP contribution in [0.2, 0.25) is 0 Å². The molecule has 0 aliphatic heterocycles. The molecule has 0 amide bonds. The summed E-state index contributed by atoms with van der Waals surface area (Å²) in [5, 5.41) is 7.73. The Morgan fingerprint density at radius 1 is 1.36 bits per heavy atom. The summed E-state index contributed by atoms with van der Waals surface area (Å²) >= 11 is 2.09. The predicted octanol–water partition coefficient (Wildman–Crippen LogP) is 4.09. The van der Waals surface area contributed by atoms with Crippen molar-refractivity contribution in [3.8, 4) is 0 Å². The van der Waals surface area contributed by atoms with Gasteiger partial charge in [0.05, 0.1) is 6.20 Å². The summed E-state index contributed by atoms with van der Waals surface area (Å²) in [6.07, 6.45) is 6.90. The first-order valence-electron chi connectivity index (χ1n) is 9.54. The molecule has 1 fully saturated rings. The maximum absolute atomic E-state index is 5.84. The second kappa shape index (κ2) is 9.51. The Bertz CT molecular complexity index is 548. The molecule has 1 aliphatic carbocycles. The molecular formula is C19H34N4OS. The summed E-state index contributed by atoms with van der Waals surface area (Å²) in [4.78, 5) is 9.04. The van der Waals surface area contributed by atoms with Crippen LogP contribution in [0.5, 0.6) is 0 Å². The number of nitrogens with zero attached hydrogens (tertiary/aromatic N) is 2. The Morgan fingerprint density at radius 3 is 2.80 bits per heavy atom. The van der Waals surface area contributed by atoms with Crippen molar-refractivity contribution in [2.24, 2.45) is 4.99 Å². The molecule has 2 rings (SSSR count). The summed E-state index contributed by atoms with van der Waals surface area (Å²) in [5.41, 5.74) is -0.0221. The first-order valence-corrected chi connectivity index (χ1v) is 10.6. The topological polar surface area (TPSA) is 62.5 Å². The largest absolute Gasteiger partial charge is 0.443 e. The number of thioether (sulfide) groups is 1. The second-order valence-electron chi connectivity index (χ2n) is 7.65. The van der Waals surface area contributed by atoms with E-state index in [1.165, 1.54) is 31.4 Å². The summed E-state index contributed by atoms with van der Waals surface area (Å²) in [7, 11) is 0. The first kappa shape index (κ1) is 20.1. The van der Waals surface area contributed by atoms with Crippen molar-refractivity contribution in [2.45, 2.75) is 83.6 Å². The van der Waals surface area contributed by atoms with Gasteiger partial charge in [-0.25, -0.2) is 9.98 Å². The normalized spacial score (nSPS) is 22.0. The van der Waals surface area contributed by atoms with Crippen molar-refractivity contribution in [1.29, 1.82) is 0 Å². The number of hydrogen-bond donors (Lipinski definition) is 2. The molecule has 0 saturated heterocycles. The zero-order valence-electron chi connectivity index (χ0n) is 16.4. The molecule has 0 radical (unpaired) electrons. The highest BCUT2D eigenvalue weighted by atomic mass is 32.2. The van der Waals surface area contributed by atoms with Crippen LogP contribution in [0.1, 0.15) is 72.0 Å². The molecule has 1 saturated carbocycles. The number of aliphatic imine (C=N–C) groups is 1. The lowest BCUT2D eigenvalue weighted by molar-refractivity contribution is 0.382. The zero-order chi connectivity index (χ0) is 18.3. The highest BCUT2D eigenvalue weighted by Crippen LogP contribution is 2.28. The van der Waals surface area contributed by atoms with E-state index < -0.39 is 0 Å². The van der Waals surface area contributed by atoms with E-state index >= 15 is 0 Å². The van der Waals surface area contributed by atoms with Gasteiger partial charge in [-0.15, -0.1) is 0 Å². The van der Waals surface area contributed by atoms with E-state index in [4.69, 9.17) is 4.42 Å². The minimum atomic E-state index is -0.0221. The van der Waals surface area contributed by atoms with Crippen LogP contribution in [-0.4, -0.2) is 34.5 Å². The number of rotatable bonds is 6. The Hall–Kier alpha value is -1.17. The summed E-state index contributed by atoms with van der Waals surface area (Å²) in [6, 6.07) is 0.505. The van der Waals surface area contributed by atoms with Crippen LogP contribution in [0, 0.1) is 0 Å². The van der Waals surface area contributed by atoms with E-state index in [0.29, 0.717) is 18.5 Å². The Labute approximate surface area is 156 Å². The van der Waals surface area contributed by atoms with Crippen LogP contribution in [0.25, 0.3) is 0 Å². The van der Waals surface area contributed by atoms with E-state index in [-0.39, 0.29) is 5.41 Å². The Kier molecular flexibility index (Phi) is 7.66. The van der Waals surface area contributed by atoms with Crippen molar-refractivity contribution in [3.05, 3.63) is 17.8 Å². The molecule has 0 bridgehead atoms. The van der Waals surface area contributed by atoms with Crippen molar-refractivity contribution >= 4 is 17.7 Å². The van der Waals surface area contributed by atoms with Crippen LogP contribution >= 0.6 is 11.8 Å². The van der Waals surface area contributed by atoms with E-state index in [1.807, 2.05) is 6.20 Å². The second-order valence-corrected chi connectivity index (χ2v) is 9.23. The molecule has 1 aromatic rings. The molecule has 2 unspecified atom stereocenters. The summed E-state index contributed by atoms with van der Waals surface area (Å²) < 4.78 is 5.84. The molecule has 1 aliphatic rings. The van der Waals surface area contributed by atoms with E-state index in [2.05, 4.69) is 67.0 Å². The third-order valence-electron chi connectivity index (χ3n) is 4.38. The standard InChI is InChI=1S/C19H34N4OS/c1-6-20-18(23-14-9-8-10-15(11-14)25-7-2)22-13-17-21-12-16(24-17)19(3,4)5/h12,14-15H,6-11,13H2,1-5H3,(H2,20,22,23). The first-order chi connectivity index (χ1) is 11.9. The Morgan fingerprint density at radius 2 is 2.16 bits per heavy atom. The molecule has 0 spiro atoms. The van der Waals surface area contributed by atoms with Gasteiger partial charge >= 0.3 is 0 Å². The molecule has 6 heteroatoms. The van der Waals surface area contributed by atoms with Gasteiger partial charge in [0.2, 0.25) is 5.89 Å². The van der Waals surface area contributed by atoms with Crippen molar-refractivity contribution in [1.82, 2.24) is 15.6 Å².